The summed E-state index contributed by atoms with van der Waals surface area (Å²) in [5, 5.41) is 19.9. The Kier molecular flexibility index (Phi) is 5.52. The number of nitrogens with zero attached hydrogens (tertiary/aromatic N) is 1. The van der Waals surface area contributed by atoms with E-state index < -0.39 is 26.4 Å². The second kappa shape index (κ2) is 6.71. The van der Waals surface area contributed by atoms with E-state index in [1.807, 2.05) is 0 Å². The molecule has 0 aliphatic carbocycles. The van der Waals surface area contributed by atoms with Crippen LogP contribution in [0.1, 0.15) is 15.9 Å². The lowest BCUT2D eigenvalue weighted by Gasteiger charge is -2.06. The first kappa shape index (κ1) is 16.4. The summed E-state index contributed by atoms with van der Waals surface area (Å²) in [6.07, 6.45) is 1.11. The number of thioether (sulfide) groups is 1. The Bertz CT molecular complexity index is 626. The molecule has 1 N–H and O–H groups in total. The highest BCUT2D eigenvalue weighted by molar-refractivity contribution is 7.99. The van der Waals surface area contributed by atoms with E-state index in [0.717, 1.165) is 12.3 Å². The average molecular weight is 319 g/mol. The lowest BCUT2D eigenvalue weighted by atomic mass is 10.1. The molecule has 0 radical (unpaired) electrons. The van der Waals surface area contributed by atoms with Gasteiger partial charge in [0.25, 0.3) is 5.69 Å². The maximum Gasteiger partial charge on any atom is 0.343 e. The molecule has 1 aromatic carbocycles. The standard InChI is InChI=1S/C11H13NO6S2/c1-20(17,18)6-5-19-7-8-3-2-4-9(12(15)16)10(8)11(13)14/h2-4H,5-7H2,1H3,(H,13,14). The second-order valence-electron chi connectivity index (χ2n) is 4.06. The van der Waals surface area contributed by atoms with Crippen LogP contribution in [0, 0.1) is 10.1 Å². The molecule has 9 heteroatoms. The van der Waals surface area contributed by atoms with Gasteiger partial charge in [-0.1, -0.05) is 12.1 Å². The zero-order valence-electron chi connectivity index (χ0n) is 10.6. The van der Waals surface area contributed by atoms with Crippen molar-refractivity contribution in [2.75, 3.05) is 17.8 Å². The number of benzene rings is 1. The molecule has 0 aromatic heterocycles. The number of carboxylic acid groups (broad SMARTS) is 1. The van der Waals surface area contributed by atoms with Gasteiger partial charge in [-0.3, -0.25) is 10.1 Å². The molecule has 7 nitrogen and oxygen atoms in total. The summed E-state index contributed by atoms with van der Waals surface area (Å²) in [6.45, 7) is 0. The minimum atomic E-state index is -3.07. The molecule has 0 spiro atoms. The van der Waals surface area contributed by atoms with Crippen LogP contribution in [0.25, 0.3) is 0 Å². The number of aromatic carboxylic acids is 1. The third-order valence-corrected chi connectivity index (χ3v) is 4.61. The Morgan fingerprint density at radius 3 is 2.60 bits per heavy atom. The second-order valence-corrected chi connectivity index (χ2v) is 7.42. The number of nitro groups is 1. The summed E-state index contributed by atoms with van der Waals surface area (Å²) in [7, 11) is -3.07. The van der Waals surface area contributed by atoms with Crippen molar-refractivity contribution >= 4 is 33.3 Å². The molecule has 0 bridgehead atoms. The van der Waals surface area contributed by atoms with Crippen molar-refractivity contribution < 1.29 is 23.2 Å². The van der Waals surface area contributed by atoms with Crippen molar-refractivity contribution in [1.29, 1.82) is 0 Å². The van der Waals surface area contributed by atoms with E-state index in [1.165, 1.54) is 23.9 Å². The fourth-order valence-electron chi connectivity index (χ4n) is 1.50. The average Bonchev–Trinajstić information content (AvgIpc) is 2.32. The predicted molar refractivity (Wildman–Crippen MR) is 75.9 cm³/mol. The van der Waals surface area contributed by atoms with Crippen molar-refractivity contribution in [2.24, 2.45) is 0 Å². The molecule has 110 valence electrons. The number of rotatable bonds is 7. The predicted octanol–water partition coefficient (Wildman–Crippen LogP) is 1.57. The summed E-state index contributed by atoms with van der Waals surface area (Å²) in [5.41, 5.74) is -0.492. The molecular formula is C11H13NO6S2. The SMILES string of the molecule is CS(=O)(=O)CCSCc1cccc([N+](=O)[O-])c1C(=O)O. The fourth-order valence-corrected chi connectivity index (χ4v) is 3.79. The smallest absolute Gasteiger partial charge is 0.343 e. The molecule has 0 saturated heterocycles. The molecule has 0 unspecified atom stereocenters. The van der Waals surface area contributed by atoms with Gasteiger partial charge in [0.05, 0.1) is 10.7 Å². The Morgan fingerprint density at radius 1 is 1.45 bits per heavy atom. The van der Waals surface area contributed by atoms with Crippen LogP contribution in [0.3, 0.4) is 0 Å². The summed E-state index contributed by atoms with van der Waals surface area (Å²) in [5.74, 6) is -0.870. The largest absolute Gasteiger partial charge is 0.477 e. The molecule has 1 aromatic rings. The van der Waals surface area contributed by atoms with Gasteiger partial charge < -0.3 is 5.11 Å². The molecule has 20 heavy (non-hydrogen) atoms. The topological polar surface area (TPSA) is 115 Å². The lowest BCUT2D eigenvalue weighted by Crippen LogP contribution is -2.08. The number of nitro benzene ring substituents is 1. The van der Waals surface area contributed by atoms with Crippen molar-refractivity contribution in [1.82, 2.24) is 0 Å². The van der Waals surface area contributed by atoms with Gasteiger partial charge in [0.15, 0.2) is 0 Å². The monoisotopic (exact) mass is 319 g/mol. The van der Waals surface area contributed by atoms with Gasteiger partial charge in [0.2, 0.25) is 0 Å². The van der Waals surface area contributed by atoms with Crippen LogP contribution in [0.2, 0.25) is 0 Å². The van der Waals surface area contributed by atoms with E-state index in [-0.39, 0.29) is 17.1 Å². The van der Waals surface area contributed by atoms with Gasteiger partial charge in [0.1, 0.15) is 15.4 Å². The number of hydrogen-bond acceptors (Lipinski definition) is 6. The number of hydrogen-bond donors (Lipinski definition) is 1. The number of sulfone groups is 1. The minimum Gasteiger partial charge on any atom is -0.477 e. The van der Waals surface area contributed by atoms with Gasteiger partial charge in [-0.25, -0.2) is 13.2 Å². The van der Waals surface area contributed by atoms with Crippen molar-refractivity contribution in [2.45, 2.75) is 5.75 Å². The molecule has 0 heterocycles. The van der Waals surface area contributed by atoms with Crippen LogP contribution >= 0.6 is 11.8 Å². The molecule has 0 atom stereocenters. The van der Waals surface area contributed by atoms with Crippen LogP contribution in [-0.2, 0) is 15.6 Å². The van der Waals surface area contributed by atoms with E-state index in [0.29, 0.717) is 11.3 Å². The maximum atomic E-state index is 11.1. The number of carbonyl (C=O) groups is 1. The lowest BCUT2D eigenvalue weighted by molar-refractivity contribution is -0.385. The normalized spacial score (nSPS) is 11.2. The van der Waals surface area contributed by atoms with Gasteiger partial charge in [-0.2, -0.15) is 11.8 Å². The molecule has 0 aliphatic heterocycles. The van der Waals surface area contributed by atoms with Crippen LogP contribution < -0.4 is 0 Å². The van der Waals surface area contributed by atoms with Crippen molar-refractivity contribution in [3.8, 4) is 0 Å². The summed E-state index contributed by atoms with van der Waals surface area (Å²) in [6, 6.07) is 4.04. The Balaban J connectivity index is 2.87. The van der Waals surface area contributed by atoms with Gasteiger partial charge in [-0.15, -0.1) is 0 Å². The zero-order chi connectivity index (χ0) is 15.3. The van der Waals surface area contributed by atoms with Gasteiger partial charge in [0, 0.05) is 23.8 Å². The molecular weight excluding hydrogens is 306 g/mol. The molecule has 0 aliphatic rings. The third-order valence-electron chi connectivity index (χ3n) is 2.40. The van der Waals surface area contributed by atoms with E-state index in [9.17, 15) is 23.3 Å². The van der Waals surface area contributed by atoms with Crippen molar-refractivity contribution in [3.05, 3.63) is 39.4 Å². The summed E-state index contributed by atoms with van der Waals surface area (Å²) >= 11 is 1.22. The highest BCUT2D eigenvalue weighted by atomic mass is 32.2. The van der Waals surface area contributed by atoms with Crippen LogP contribution in [-0.4, -0.2) is 42.2 Å². The maximum absolute atomic E-state index is 11.1. The summed E-state index contributed by atoms with van der Waals surface area (Å²) in [4.78, 5) is 21.2. The fraction of sp³-hybridized carbons (Fsp3) is 0.364. The van der Waals surface area contributed by atoms with Crippen LogP contribution in [0.15, 0.2) is 18.2 Å². The van der Waals surface area contributed by atoms with E-state index in [2.05, 4.69) is 0 Å². The van der Waals surface area contributed by atoms with E-state index >= 15 is 0 Å². The van der Waals surface area contributed by atoms with Crippen LogP contribution in [0.4, 0.5) is 5.69 Å². The van der Waals surface area contributed by atoms with E-state index in [1.54, 1.807) is 0 Å². The Labute approximate surface area is 120 Å². The number of carboxylic acids is 1. The highest BCUT2D eigenvalue weighted by Crippen LogP contribution is 2.25. The molecule has 0 amide bonds. The minimum absolute atomic E-state index is 0.0189. The first-order valence-corrected chi connectivity index (χ1v) is 8.69. The molecule has 1 rings (SSSR count). The Morgan fingerprint density at radius 2 is 2.10 bits per heavy atom. The first-order chi connectivity index (χ1) is 9.22. The molecule has 0 saturated carbocycles. The van der Waals surface area contributed by atoms with Gasteiger partial charge in [-0.05, 0) is 5.56 Å². The Hall–Kier alpha value is -1.61. The first-order valence-electron chi connectivity index (χ1n) is 5.47. The highest BCUT2D eigenvalue weighted by Gasteiger charge is 2.23. The zero-order valence-corrected chi connectivity index (χ0v) is 12.2. The third kappa shape index (κ3) is 4.82. The van der Waals surface area contributed by atoms with Gasteiger partial charge >= 0.3 is 5.97 Å². The van der Waals surface area contributed by atoms with Crippen LogP contribution in [0.5, 0.6) is 0 Å². The van der Waals surface area contributed by atoms with E-state index in [4.69, 9.17) is 5.11 Å². The molecule has 0 fully saturated rings. The van der Waals surface area contributed by atoms with Crippen molar-refractivity contribution in [3.63, 3.8) is 0 Å². The summed E-state index contributed by atoms with van der Waals surface area (Å²) < 4.78 is 21.9. The quantitative estimate of drug-likeness (QED) is 0.461.